The lowest BCUT2D eigenvalue weighted by atomic mass is 9.63. The Hall–Kier alpha value is -2.84. The minimum atomic E-state index is -0.569. The van der Waals surface area contributed by atoms with E-state index in [0.717, 1.165) is 11.4 Å². The summed E-state index contributed by atoms with van der Waals surface area (Å²) < 4.78 is 17.1. The molecule has 0 saturated heterocycles. The fourth-order valence-corrected chi connectivity index (χ4v) is 6.47. The largest absolute Gasteiger partial charge is 0.490 e. The maximum Gasteiger partial charge on any atom is 0.257 e. The first-order valence-corrected chi connectivity index (χ1v) is 14.3. The molecular weight excluding hydrogens is 532 g/mol. The number of methoxy groups -OCH3 is 1. The van der Waals surface area contributed by atoms with Gasteiger partial charge in [-0.25, -0.2) is 0 Å². The fourth-order valence-electron chi connectivity index (χ4n) is 6.20. The molecule has 0 bridgehead atoms. The minimum absolute atomic E-state index is 0.0388. The van der Waals surface area contributed by atoms with Crippen LogP contribution < -0.4 is 14.8 Å². The lowest BCUT2D eigenvalue weighted by Crippen LogP contribution is -2.45. The number of allylic oxidation sites excluding steroid dienone is 4. The fraction of sp³-hybridized carbons (Fsp3) is 0.581. The van der Waals surface area contributed by atoms with Gasteiger partial charge in [0.15, 0.2) is 29.7 Å². The summed E-state index contributed by atoms with van der Waals surface area (Å²) in [5.41, 5.74) is 3.49. The molecule has 0 atom stereocenters. The van der Waals surface area contributed by atoms with Crippen molar-refractivity contribution in [1.29, 1.82) is 0 Å². The van der Waals surface area contributed by atoms with Crippen LogP contribution in [0, 0.1) is 10.8 Å². The molecule has 4 rings (SSSR count). The van der Waals surface area contributed by atoms with Crippen LogP contribution in [0.5, 0.6) is 11.5 Å². The number of likely N-dealkylation sites (N-methyl/N-ethyl adjacent to an activating group) is 1. The van der Waals surface area contributed by atoms with Gasteiger partial charge in [0.1, 0.15) is 0 Å². The van der Waals surface area contributed by atoms with E-state index in [1.165, 1.54) is 7.05 Å². The third-order valence-corrected chi connectivity index (χ3v) is 8.11. The van der Waals surface area contributed by atoms with Crippen LogP contribution >= 0.6 is 11.6 Å². The van der Waals surface area contributed by atoms with Gasteiger partial charge in [-0.05, 0) is 48.3 Å². The van der Waals surface area contributed by atoms with Crippen molar-refractivity contribution in [2.24, 2.45) is 10.8 Å². The van der Waals surface area contributed by atoms with Crippen molar-refractivity contribution in [3.05, 3.63) is 45.3 Å². The van der Waals surface area contributed by atoms with Crippen LogP contribution in [0.2, 0.25) is 5.02 Å². The maximum atomic E-state index is 13.9. The third kappa shape index (κ3) is 5.93. The zero-order valence-corrected chi connectivity index (χ0v) is 25.4. The molecule has 1 N–H and O–H groups in total. The summed E-state index contributed by atoms with van der Waals surface area (Å²) >= 11 is 6.76. The molecule has 9 heteroatoms. The predicted molar refractivity (Wildman–Crippen MR) is 154 cm³/mol. The molecule has 2 aliphatic carbocycles. The van der Waals surface area contributed by atoms with Crippen molar-refractivity contribution < 1.29 is 28.6 Å². The quantitative estimate of drug-likeness (QED) is 0.435. The summed E-state index contributed by atoms with van der Waals surface area (Å²) in [4.78, 5) is 41.9. The number of carbonyl (C=O) groups is 3. The highest BCUT2D eigenvalue weighted by atomic mass is 35.5. The molecule has 0 unspecified atom stereocenters. The van der Waals surface area contributed by atoms with Crippen molar-refractivity contribution >= 4 is 29.1 Å². The first-order valence-electron chi connectivity index (χ1n) is 13.9. The Morgan fingerprint density at radius 1 is 1.00 bits per heavy atom. The highest BCUT2D eigenvalue weighted by Gasteiger charge is 2.49. The van der Waals surface area contributed by atoms with Crippen molar-refractivity contribution in [1.82, 2.24) is 10.2 Å². The Kier molecular flexibility index (Phi) is 8.71. The van der Waals surface area contributed by atoms with Crippen LogP contribution in [0.1, 0.15) is 71.8 Å². The second-order valence-corrected chi connectivity index (χ2v) is 12.8. The van der Waals surface area contributed by atoms with Gasteiger partial charge in [0, 0.05) is 62.0 Å². The molecule has 0 spiro atoms. The maximum absolute atomic E-state index is 13.9. The number of Topliss-reactive ketones (excluding diaryl/α,β-unsaturated/α-hetero) is 2. The van der Waals surface area contributed by atoms with E-state index in [1.54, 1.807) is 19.2 Å². The molecule has 8 nitrogen and oxygen atoms in total. The first kappa shape index (κ1) is 30.1. The van der Waals surface area contributed by atoms with Crippen LogP contribution in [0.25, 0.3) is 0 Å². The molecule has 1 amide bonds. The number of benzene rings is 1. The first-order chi connectivity index (χ1) is 18.8. The molecule has 1 aromatic rings. The van der Waals surface area contributed by atoms with Gasteiger partial charge in [-0.15, -0.1) is 0 Å². The van der Waals surface area contributed by atoms with Crippen molar-refractivity contribution in [2.45, 2.75) is 66.2 Å². The number of hydrogen-bond acceptors (Lipinski definition) is 7. The van der Waals surface area contributed by atoms with Crippen LogP contribution in [0.3, 0.4) is 0 Å². The van der Waals surface area contributed by atoms with Gasteiger partial charge >= 0.3 is 0 Å². The standard InChI is InChI=1S/C31H41ClN2O6/c1-8-39-24-12-18(11-19(32)29(24)40-17-25(37)33-6)26-27-20(13-30(2,3)15-22(27)35)34(9-10-38-7)21-14-31(4,5)16-23(36)28(21)26/h11-12,26H,8-10,13-17H2,1-7H3,(H,33,37). The van der Waals surface area contributed by atoms with Crippen LogP contribution in [0.4, 0.5) is 0 Å². The average molecular weight is 573 g/mol. The number of ketones is 2. The van der Waals surface area contributed by atoms with Gasteiger partial charge in [-0.3, -0.25) is 14.4 Å². The van der Waals surface area contributed by atoms with Crippen molar-refractivity contribution in [3.63, 3.8) is 0 Å². The van der Waals surface area contributed by atoms with E-state index in [-0.39, 0.29) is 45.7 Å². The van der Waals surface area contributed by atoms with Gasteiger partial charge < -0.3 is 24.4 Å². The summed E-state index contributed by atoms with van der Waals surface area (Å²) in [7, 11) is 3.19. The van der Waals surface area contributed by atoms with E-state index in [1.807, 2.05) is 6.92 Å². The summed E-state index contributed by atoms with van der Waals surface area (Å²) in [5, 5.41) is 2.78. The van der Waals surface area contributed by atoms with Crippen LogP contribution in [-0.2, 0) is 19.1 Å². The predicted octanol–water partition coefficient (Wildman–Crippen LogP) is 5.20. The summed E-state index contributed by atoms with van der Waals surface area (Å²) in [5.74, 6) is -0.174. The third-order valence-electron chi connectivity index (χ3n) is 7.83. The van der Waals surface area contributed by atoms with Gasteiger partial charge in [-0.2, -0.15) is 0 Å². The van der Waals surface area contributed by atoms with Crippen LogP contribution in [0.15, 0.2) is 34.7 Å². The molecule has 1 aliphatic heterocycles. The summed E-state index contributed by atoms with van der Waals surface area (Å²) in [6, 6.07) is 3.55. The number of nitrogens with zero attached hydrogens (tertiary/aromatic N) is 1. The Balaban J connectivity index is 1.95. The van der Waals surface area contributed by atoms with E-state index in [0.29, 0.717) is 67.9 Å². The number of halogens is 1. The second kappa shape index (κ2) is 11.6. The lowest BCUT2D eigenvalue weighted by molar-refractivity contribution is -0.123. The Morgan fingerprint density at radius 3 is 2.08 bits per heavy atom. The molecule has 1 aromatic carbocycles. The molecular formula is C31H41ClN2O6. The van der Waals surface area contributed by atoms with Gasteiger partial charge in [0.05, 0.1) is 18.2 Å². The highest BCUT2D eigenvalue weighted by molar-refractivity contribution is 6.32. The molecule has 0 aromatic heterocycles. The molecule has 218 valence electrons. The monoisotopic (exact) mass is 572 g/mol. The van der Waals surface area contributed by atoms with Crippen LogP contribution in [-0.4, -0.2) is 62.9 Å². The van der Waals surface area contributed by atoms with E-state index in [2.05, 4.69) is 37.9 Å². The number of carbonyl (C=O) groups excluding carboxylic acids is 3. The minimum Gasteiger partial charge on any atom is -0.490 e. The summed E-state index contributed by atoms with van der Waals surface area (Å²) in [6.45, 7) is 11.4. The number of rotatable bonds is 9. The Morgan fingerprint density at radius 2 is 1.57 bits per heavy atom. The van der Waals surface area contributed by atoms with E-state index in [4.69, 9.17) is 25.8 Å². The number of ether oxygens (including phenoxy) is 3. The lowest BCUT2D eigenvalue weighted by Gasteiger charge is -2.49. The Bertz CT molecular complexity index is 1220. The van der Waals surface area contributed by atoms with Gasteiger partial charge in [0.25, 0.3) is 5.91 Å². The molecule has 0 fully saturated rings. The SMILES string of the molecule is CCOc1cc(C2C3=C(CC(C)(C)CC3=O)N(CCOC)C3=C2C(=O)CC(C)(C)C3)cc(Cl)c1OCC(=O)NC. The smallest absolute Gasteiger partial charge is 0.257 e. The van der Waals surface area contributed by atoms with E-state index in [9.17, 15) is 14.4 Å². The van der Waals surface area contributed by atoms with E-state index < -0.39 is 5.92 Å². The normalized spacial score (nSPS) is 20.4. The zero-order chi connectivity index (χ0) is 29.4. The second-order valence-electron chi connectivity index (χ2n) is 12.4. The van der Waals surface area contributed by atoms with Crippen molar-refractivity contribution in [2.75, 3.05) is 40.5 Å². The number of hydrogen-bond donors (Lipinski definition) is 1. The zero-order valence-electron chi connectivity index (χ0n) is 24.7. The average Bonchev–Trinajstić information content (AvgIpc) is 2.85. The van der Waals surface area contributed by atoms with Crippen molar-refractivity contribution in [3.8, 4) is 11.5 Å². The Labute approximate surface area is 242 Å². The van der Waals surface area contributed by atoms with E-state index >= 15 is 0 Å². The number of amides is 1. The van der Waals surface area contributed by atoms with Gasteiger partial charge in [0.2, 0.25) is 0 Å². The highest BCUT2D eigenvalue weighted by Crippen LogP contribution is 2.55. The topological polar surface area (TPSA) is 94.2 Å². The van der Waals surface area contributed by atoms with Gasteiger partial charge in [-0.1, -0.05) is 39.3 Å². The molecule has 40 heavy (non-hydrogen) atoms. The molecule has 3 aliphatic rings. The summed E-state index contributed by atoms with van der Waals surface area (Å²) in [6.07, 6.45) is 2.20. The molecule has 1 heterocycles. The molecule has 0 radical (unpaired) electrons. The molecule has 0 saturated carbocycles. The number of nitrogens with one attached hydrogen (secondary N) is 1.